The summed E-state index contributed by atoms with van der Waals surface area (Å²) in [6, 6.07) is 12.0. The Bertz CT molecular complexity index is 1090. The highest BCUT2D eigenvalue weighted by molar-refractivity contribution is 14.1. The first-order valence-electron chi connectivity index (χ1n) is 8.29. The maximum absolute atomic E-state index is 10.6. The molecule has 0 unspecified atom stereocenters. The van der Waals surface area contributed by atoms with Crippen molar-refractivity contribution in [1.82, 2.24) is 4.98 Å². The zero-order chi connectivity index (χ0) is 21.7. The van der Waals surface area contributed by atoms with E-state index in [0.29, 0.717) is 28.2 Å². The number of nitrogens with one attached hydrogen (secondary N) is 1. The Morgan fingerprint density at radius 3 is 2.67 bits per heavy atom. The van der Waals surface area contributed by atoms with E-state index in [1.807, 2.05) is 18.2 Å². The van der Waals surface area contributed by atoms with Gasteiger partial charge in [0.05, 0.1) is 29.2 Å². The lowest BCUT2D eigenvalue weighted by Crippen LogP contribution is -1.99. The molecule has 0 aliphatic carbocycles. The first kappa shape index (κ1) is 22.7. The minimum atomic E-state index is -0.509. The quantitative estimate of drug-likeness (QED) is 0.137. The van der Waals surface area contributed by atoms with E-state index in [2.05, 4.69) is 54.0 Å². The Morgan fingerprint density at radius 2 is 2.03 bits per heavy atom. The van der Waals surface area contributed by atoms with Crippen LogP contribution in [0.4, 0.5) is 11.5 Å². The van der Waals surface area contributed by atoms with Gasteiger partial charge in [0.15, 0.2) is 0 Å². The second-order valence-corrected chi connectivity index (χ2v) is 8.71. The molecule has 0 amide bonds. The first-order chi connectivity index (χ1) is 14.3. The van der Waals surface area contributed by atoms with Crippen LogP contribution in [0.25, 0.3) is 0 Å². The third kappa shape index (κ3) is 6.03. The van der Waals surface area contributed by atoms with Crippen molar-refractivity contribution < 1.29 is 9.66 Å². The molecule has 1 heterocycles. The monoisotopic (exact) mass is 620 g/mol. The van der Waals surface area contributed by atoms with Gasteiger partial charge in [-0.25, -0.2) is 4.98 Å². The summed E-state index contributed by atoms with van der Waals surface area (Å²) < 4.78 is 7.58. The molecule has 1 aromatic heterocycles. The summed E-state index contributed by atoms with van der Waals surface area (Å²) >= 11 is 17.7. The minimum absolute atomic E-state index is 0.0838. The number of hydrogen-bond donors (Lipinski definition) is 1. The number of hydrogen-bond acceptors (Lipinski definition) is 6. The summed E-state index contributed by atoms with van der Waals surface area (Å²) in [4.78, 5) is 14.1. The second-order valence-electron chi connectivity index (χ2n) is 5.88. The molecule has 7 nitrogen and oxygen atoms in total. The number of halogens is 4. The number of nitrogens with zero attached hydrogens (tertiary/aromatic N) is 3. The summed E-state index contributed by atoms with van der Waals surface area (Å²) in [6.45, 7) is 0.340. The zero-order valence-electron chi connectivity index (χ0n) is 15.0. The van der Waals surface area contributed by atoms with Gasteiger partial charge in [-0.05, 0) is 80.0 Å². The molecule has 30 heavy (non-hydrogen) atoms. The van der Waals surface area contributed by atoms with Crippen molar-refractivity contribution >= 4 is 79.4 Å². The fourth-order valence-corrected chi connectivity index (χ4v) is 4.40. The molecule has 154 valence electrons. The maximum atomic E-state index is 10.6. The lowest BCUT2D eigenvalue weighted by atomic mass is 10.2. The molecule has 2 aromatic carbocycles. The molecule has 3 rings (SSSR count). The number of hydrazone groups is 1. The molecule has 1 N–H and O–H groups in total. The van der Waals surface area contributed by atoms with Gasteiger partial charge in [0.2, 0.25) is 0 Å². The van der Waals surface area contributed by atoms with Gasteiger partial charge in [0, 0.05) is 6.07 Å². The molecule has 0 bridgehead atoms. The van der Waals surface area contributed by atoms with E-state index in [1.54, 1.807) is 18.3 Å². The summed E-state index contributed by atoms with van der Waals surface area (Å²) in [7, 11) is 0. The van der Waals surface area contributed by atoms with E-state index in [0.717, 1.165) is 25.4 Å². The van der Waals surface area contributed by atoms with Crippen molar-refractivity contribution in [2.24, 2.45) is 5.10 Å². The molecular formula is C19H12BrCl2IN4O3. The number of anilines is 1. The van der Waals surface area contributed by atoms with Crippen LogP contribution < -0.4 is 10.2 Å². The standard InChI is InChI=1S/C19H12BrCl2IN4O3/c20-14-5-12(8-25-26-18-4-2-13(9-24-18)27(28)29)7-17(23)19(14)30-10-11-1-3-15(21)16(22)6-11/h1-9H,10H2,(H,24,26)/b25-8+. The van der Waals surface area contributed by atoms with Crippen LogP contribution in [0, 0.1) is 13.7 Å². The average Bonchev–Trinajstić information content (AvgIpc) is 2.70. The van der Waals surface area contributed by atoms with Crippen LogP contribution in [0.2, 0.25) is 10.0 Å². The number of pyridine rings is 1. The van der Waals surface area contributed by atoms with Crippen molar-refractivity contribution in [3.8, 4) is 5.75 Å². The summed E-state index contributed by atoms with van der Waals surface area (Å²) in [5.74, 6) is 1.09. The first-order valence-corrected chi connectivity index (χ1v) is 10.9. The van der Waals surface area contributed by atoms with Crippen molar-refractivity contribution in [1.29, 1.82) is 0 Å². The highest BCUT2D eigenvalue weighted by atomic mass is 127. The molecule has 0 spiro atoms. The van der Waals surface area contributed by atoms with Gasteiger partial charge >= 0.3 is 0 Å². The number of rotatable bonds is 7. The largest absolute Gasteiger partial charge is 0.487 e. The molecule has 0 radical (unpaired) electrons. The van der Waals surface area contributed by atoms with E-state index in [9.17, 15) is 10.1 Å². The van der Waals surface area contributed by atoms with Crippen LogP contribution in [-0.4, -0.2) is 16.1 Å². The minimum Gasteiger partial charge on any atom is -0.487 e. The van der Waals surface area contributed by atoms with Crippen LogP contribution in [0.1, 0.15) is 11.1 Å². The van der Waals surface area contributed by atoms with Crippen molar-refractivity contribution in [2.45, 2.75) is 6.61 Å². The highest BCUT2D eigenvalue weighted by Gasteiger charge is 2.10. The zero-order valence-corrected chi connectivity index (χ0v) is 20.2. The number of benzene rings is 2. The second kappa shape index (κ2) is 10.4. The Hall–Kier alpha value is -1.95. The third-order valence-electron chi connectivity index (χ3n) is 3.74. The highest BCUT2D eigenvalue weighted by Crippen LogP contribution is 2.33. The summed E-state index contributed by atoms with van der Waals surface area (Å²) in [5, 5.41) is 15.7. The van der Waals surface area contributed by atoms with Crippen LogP contribution in [0.15, 0.2) is 58.2 Å². The molecule has 11 heteroatoms. The van der Waals surface area contributed by atoms with Crippen molar-refractivity contribution in [3.63, 3.8) is 0 Å². The number of ether oxygens (including phenoxy) is 1. The van der Waals surface area contributed by atoms with Gasteiger partial charge < -0.3 is 4.74 Å². The van der Waals surface area contributed by atoms with Crippen LogP contribution in [0.3, 0.4) is 0 Å². The molecule has 0 saturated heterocycles. The van der Waals surface area contributed by atoms with Gasteiger partial charge in [-0.3, -0.25) is 15.5 Å². The van der Waals surface area contributed by atoms with Crippen molar-refractivity contribution in [2.75, 3.05) is 5.43 Å². The van der Waals surface area contributed by atoms with E-state index in [4.69, 9.17) is 27.9 Å². The fraction of sp³-hybridized carbons (Fsp3) is 0.0526. The molecule has 0 aliphatic heterocycles. The van der Waals surface area contributed by atoms with Gasteiger partial charge in [-0.15, -0.1) is 0 Å². The lowest BCUT2D eigenvalue weighted by molar-refractivity contribution is -0.385. The summed E-state index contributed by atoms with van der Waals surface area (Å²) in [6.07, 6.45) is 2.77. The normalized spacial score (nSPS) is 10.9. The van der Waals surface area contributed by atoms with Crippen molar-refractivity contribution in [3.05, 3.63) is 88.0 Å². The molecule has 0 saturated carbocycles. The van der Waals surface area contributed by atoms with Gasteiger partial charge in [0.1, 0.15) is 24.4 Å². The molecule has 3 aromatic rings. The Labute approximate surface area is 203 Å². The van der Waals surface area contributed by atoms with E-state index >= 15 is 0 Å². The fourth-order valence-electron chi connectivity index (χ4n) is 2.31. The smallest absolute Gasteiger partial charge is 0.287 e. The predicted molar refractivity (Wildman–Crippen MR) is 130 cm³/mol. The van der Waals surface area contributed by atoms with E-state index in [-0.39, 0.29) is 5.69 Å². The lowest BCUT2D eigenvalue weighted by Gasteiger charge is -2.12. The average molecular weight is 622 g/mol. The maximum Gasteiger partial charge on any atom is 0.287 e. The Balaban J connectivity index is 1.65. The van der Waals surface area contributed by atoms with Gasteiger partial charge in [0.25, 0.3) is 5.69 Å². The predicted octanol–water partition coefficient (Wildman–Crippen LogP) is 6.69. The van der Waals surface area contributed by atoms with Gasteiger partial charge in [-0.2, -0.15) is 5.10 Å². The molecule has 0 aliphatic rings. The van der Waals surface area contributed by atoms with Crippen LogP contribution in [0.5, 0.6) is 5.75 Å². The SMILES string of the molecule is O=[N+]([O-])c1ccc(N/N=C/c2cc(Br)c(OCc3ccc(Cl)c(Cl)c3)c(I)c2)nc1. The number of nitro groups is 1. The van der Waals surface area contributed by atoms with Crippen LogP contribution >= 0.6 is 61.7 Å². The number of aromatic nitrogens is 1. The van der Waals surface area contributed by atoms with E-state index in [1.165, 1.54) is 12.1 Å². The molecular weight excluding hydrogens is 610 g/mol. The Morgan fingerprint density at radius 1 is 1.23 bits per heavy atom. The topological polar surface area (TPSA) is 89.7 Å². The van der Waals surface area contributed by atoms with E-state index < -0.39 is 4.92 Å². The Kier molecular flexibility index (Phi) is 7.87. The third-order valence-corrected chi connectivity index (χ3v) is 5.87. The van der Waals surface area contributed by atoms with Crippen LogP contribution in [-0.2, 0) is 6.61 Å². The van der Waals surface area contributed by atoms with Gasteiger partial charge in [-0.1, -0.05) is 29.3 Å². The molecule has 0 fully saturated rings. The molecule has 0 atom stereocenters. The summed E-state index contributed by atoms with van der Waals surface area (Å²) in [5.41, 5.74) is 4.37.